The van der Waals surface area contributed by atoms with Gasteiger partial charge >= 0.3 is 0 Å². The van der Waals surface area contributed by atoms with Crippen LogP contribution in [-0.2, 0) is 0 Å². The average molecular weight is 384 g/mol. The molecule has 4 rings (SSSR count). The number of aromatic amines is 1. The fourth-order valence-electron chi connectivity index (χ4n) is 3.08. The normalized spacial score (nSPS) is 11.1. The number of hydrogen-bond acceptors (Lipinski definition) is 4. The molecular formula is C22H16N4OS. The lowest BCUT2D eigenvalue weighted by molar-refractivity contribution is 0.841. The standard InChI is InChI=1S/C22H16N4OS/c1-15-20(13-24-17-9-11-18(12-10-17)28-14-23)22(27)26(25-15)21-8-4-6-16-5-2-3-7-19(16)21/h2-13,25H,1H3. The number of nitriles is 1. The summed E-state index contributed by atoms with van der Waals surface area (Å²) in [5.74, 6) is 0. The molecule has 0 aliphatic rings. The van der Waals surface area contributed by atoms with Crippen molar-refractivity contribution in [2.45, 2.75) is 11.8 Å². The van der Waals surface area contributed by atoms with E-state index in [0.717, 1.165) is 44.5 Å². The average Bonchev–Trinajstić information content (AvgIpc) is 3.01. The zero-order chi connectivity index (χ0) is 19.5. The second-order valence-electron chi connectivity index (χ2n) is 6.23. The van der Waals surface area contributed by atoms with E-state index in [2.05, 4.69) is 10.1 Å². The van der Waals surface area contributed by atoms with Crippen LogP contribution in [-0.4, -0.2) is 16.0 Å². The van der Waals surface area contributed by atoms with Gasteiger partial charge in [0, 0.05) is 22.2 Å². The Morgan fingerprint density at radius 3 is 2.61 bits per heavy atom. The van der Waals surface area contributed by atoms with Crippen LogP contribution in [0.4, 0.5) is 5.69 Å². The molecule has 4 aromatic rings. The molecule has 0 saturated carbocycles. The lowest BCUT2D eigenvalue weighted by Gasteiger charge is -2.06. The van der Waals surface area contributed by atoms with Crippen molar-refractivity contribution in [2.75, 3.05) is 0 Å². The van der Waals surface area contributed by atoms with Crippen molar-refractivity contribution < 1.29 is 0 Å². The molecule has 0 saturated heterocycles. The van der Waals surface area contributed by atoms with Gasteiger partial charge in [0.25, 0.3) is 5.56 Å². The number of benzene rings is 3. The number of hydrogen-bond donors (Lipinski definition) is 1. The zero-order valence-corrected chi connectivity index (χ0v) is 15.9. The molecule has 0 aliphatic carbocycles. The van der Waals surface area contributed by atoms with Crippen molar-refractivity contribution in [2.24, 2.45) is 4.99 Å². The van der Waals surface area contributed by atoms with Crippen LogP contribution in [0.15, 0.2) is 81.4 Å². The van der Waals surface area contributed by atoms with Gasteiger partial charge in [-0.15, -0.1) is 0 Å². The third-order valence-corrected chi connectivity index (χ3v) is 5.07. The Kier molecular flexibility index (Phi) is 4.83. The van der Waals surface area contributed by atoms with Gasteiger partial charge in [-0.2, -0.15) is 5.26 Å². The maximum absolute atomic E-state index is 13.0. The highest BCUT2D eigenvalue weighted by atomic mass is 32.2. The van der Waals surface area contributed by atoms with Crippen LogP contribution >= 0.6 is 11.8 Å². The SMILES string of the molecule is Cc1[nH]n(-c2cccc3ccccc23)c(=O)c1C=Nc1ccc(SC#N)cc1. The van der Waals surface area contributed by atoms with E-state index in [1.54, 1.807) is 10.9 Å². The molecule has 1 N–H and O–H groups in total. The van der Waals surface area contributed by atoms with E-state index in [9.17, 15) is 4.79 Å². The smallest absolute Gasteiger partial charge is 0.280 e. The summed E-state index contributed by atoms with van der Waals surface area (Å²) in [7, 11) is 0. The van der Waals surface area contributed by atoms with Crippen molar-refractivity contribution in [1.82, 2.24) is 9.78 Å². The van der Waals surface area contributed by atoms with Gasteiger partial charge in [-0.3, -0.25) is 14.9 Å². The Labute approximate surface area is 166 Å². The number of aryl methyl sites for hydroxylation is 1. The number of aliphatic imine (C=N–C) groups is 1. The van der Waals surface area contributed by atoms with Gasteiger partial charge in [-0.1, -0.05) is 36.4 Å². The highest BCUT2D eigenvalue weighted by molar-refractivity contribution is 8.03. The summed E-state index contributed by atoms with van der Waals surface area (Å²) in [6.45, 7) is 1.86. The minimum atomic E-state index is -0.144. The maximum Gasteiger partial charge on any atom is 0.280 e. The van der Waals surface area contributed by atoms with Gasteiger partial charge in [-0.05, 0) is 54.4 Å². The molecule has 5 nitrogen and oxygen atoms in total. The first kappa shape index (κ1) is 17.8. The Bertz CT molecular complexity index is 1270. The van der Waals surface area contributed by atoms with E-state index in [1.807, 2.05) is 79.1 Å². The molecule has 0 spiro atoms. The molecule has 6 heteroatoms. The fraction of sp³-hybridized carbons (Fsp3) is 0.0455. The summed E-state index contributed by atoms with van der Waals surface area (Å²) in [5.41, 5.74) is 2.65. The van der Waals surface area contributed by atoms with E-state index in [1.165, 1.54) is 0 Å². The first-order valence-electron chi connectivity index (χ1n) is 8.67. The summed E-state index contributed by atoms with van der Waals surface area (Å²) in [6, 6.07) is 21.2. The van der Waals surface area contributed by atoms with Crippen LogP contribution in [0, 0.1) is 17.6 Å². The van der Waals surface area contributed by atoms with Crippen molar-refractivity contribution >= 4 is 34.4 Å². The number of nitrogens with one attached hydrogen (secondary N) is 1. The summed E-state index contributed by atoms with van der Waals surface area (Å²) < 4.78 is 1.56. The number of thioether (sulfide) groups is 1. The third kappa shape index (κ3) is 3.36. The Morgan fingerprint density at radius 2 is 1.82 bits per heavy atom. The molecule has 0 unspecified atom stereocenters. The summed E-state index contributed by atoms with van der Waals surface area (Å²) in [5, 5.41) is 16.0. The number of fused-ring (bicyclic) bond motifs is 1. The molecule has 0 amide bonds. The van der Waals surface area contributed by atoms with Gasteiger partial charge in [0.05, 0.1) is 16.9 Å². The molecule has 3 aromatic carbocycles. The second kappa shape index (κ2) is 7.59. The van der Waals surface area contributed by atoms with Gasteiger partial charge in [-0.25, -0.2) is 4.68 Å². The van der Waals surface area contributed by atoms with Crippen LogP contribution in [0.25, 0.3) is 16.5 Å². The van der Waals surface area contributed by atoms with Gasteiger partial charge in [0.1, 0.15) is 5.40 Å². The molecule has 1 heterocycles. The fourth-order valence-corrected chi connectivity index (χ4v) is 3.45. The number of aromatic nitrogens is 2. The Morgan fingerprint density at radius 1 is 1.07 bits per heavy atom. The molecule has 0 bridgehead atoms. The summed E-state index contributed by atoms with van der Waals surface area (Å²) in [6.07, 6.45) is 1.59. The highest BCUT2D eigenvalue weighted by Gasteiger charge is 2.12. The van der Waals surface area contributed by atoms with Crippen LogP contribution in [0.1, 0.15) is 11.3 Å². The summed E-state index contributed by atoms with van der Waals surface area (Å²) in [4.78, 5) is 18.3. The van der Waals surface area contributed by atoms with Gasteiger partial charge in [0.2, 0.25) is 0 Å². The monoisotopic (exact) mass is 384 g/mol. The number of rotatable bonds is 4. The maximum atomic E-state index is 13.0. The molecule has 0 fully saturated rings. The van der Waals surface area contributed by atoms with Crippen LogP contribution in [0.5, 0.6) is 0 Å². The second-order valence-corrected chi connectivity index (χ2v) is 7.09. The Hall–Kier alpha value is -3.56. The van der Waals surface area contributed by atoms with Crippen LogP contribution in [0.2, 0.25) is 0 Å². The van der Waals surface area contributed by atoms with Gasteiger partial charge < -0.3 is 0 Å². The lowest BCUT2D eigenvalue weighted by atomic mass is 10.1. The molecule has 0 aliphatic heterocycles. The van der Waals surface area contributed by atoms with Crippen molar-refractivity contribution in [1.29, 1.82) is 5.26 Å². The van der Waals surface area contributed by atoms with E-state index in [4.69, 9.17) is 5.26 Å². The van der Waals surface area contributed by atoms with E-state index in [-0.39, 0.29) is 5.56 Å². The highest BCUT2D eigenvalue weighted by Crippen LogP contribution is 2.22. The van der Waals surface area contributed by atoms with Gasteiger partial charge in [0.15, 0.2) is 0 Å². The number of thiocyanates is 1. The molecular weight excluding hydrogens is 368 g/mol. The molecule has 28 heavy (non-hydrogen) atoms. The first-order chi connectivity index (χ1) is 13.7. The summed E-state index contributed by atoms with van der Waals surface area (Å²) >= 11 is 1.10. The molecule has 0 atom stereocenters. The van der Waals surface area contributed by atoms with Crippen molar-refractivity contribution in [3.8, 4) is 11.1 Å². The first-order valence-corrected chi connectivity index (χ1v) is 9.49. The van der Waals surface area contributed by atoms with Crippen LogP contribution in [0.3, 0.4) is 0 Å². The Balaban J connectivity index is 1.72. The predicted molar refractivity (Wildman–Crippen MR) is 114 cm³/mol. The number of H-pyrrole nitrogens is 1. The van der Waals surface area contributed by atoms with Crippen molar-refractivity contribution in [3.05, 3.63) is 88.3 Å². The largest absolute Gasteiger partial charge is 0.295 e. The minimum Gasteiger partial charge on any atom is -0.295 e. The van der Waals surface area contributed by atoms with Crippen molar-refractivity contribution in [3.63, 3.8) is 0 Å². The molecule has 1 aromatic heterocycles. The van der Waals surface area contributed by atoms with Crippen LogP contribution < -0.4 is 5.56 Å². The lowest BCUT2D eigenvalue weighted by Crippen LogP contribution is -2.17. The van der Waals surface area contributed by atoms with E-state index >= 15 is 0 Å². The predicted octanol–water partition coefficient (Wildman–Crippen LogP) is 4.95. The number of nitrogens with zero attached hydrogens (tertiary/aromatic N) is 3. The molecule has 136 valence electrons. The quantitative estimate of drug-likeness (QED) is 0.307. The topological polar surface area (TPSA) is 73.9 Å². The third-order valence-electron chi connectivity index (χ3n) is 4.47. The van der Waals surface area contributed by atoms with E-state index in [0.29, 0.717) is 5.56 Å². The minimum absolute atomic E-state index is 0.144. The molecule has 0 radical (unpaired) electrons. The zero-order valence-electron chi connectivity index (χ0n) is 15.1. The van der Waals surface area contributed by atoms with E-state index < -0.39 is 0 Å².